The number of allylic oxidation sites excluding steroid dienone is 1. The second kappa shape index (κ2) is 8.13. The third-order valence-electron chi connectivity index (χ3n) is 6.59. The summed E-state index contributed by atoms with van der Waals surface area (Å²) in [7, 11) is 1.85. The number of nitrogens with zero attached hydrogens (tertiary/aromatic N) is 5. The van der Waals surface area contributed by atoms with Gasteiger partial charge < -0.3 is 16.2 Å². The number of primary amides is 1. The molecule has 9 heteroatoms. The maximum Gasteiger partial charge on any atom is 0.285 e. The van der Waals surface area contributed by atoms with Gasteiger partial charge in [0, 0.05) is 31.0 Å². The molecule has 1 saturated carbocycles. The Kier molecular flexibility index (Phi) is 5.13. The molecular weight excluding hydrogens is 418 g/mol. The Morgan fingerprint density at radius 3 is 2.61 bits per heavy atom. The number of nitriles is 1. The molecule has 5 rings (SSSR count). The van der Waals surface area contributed by atoms with Crippen molar-refractivity contribution in [3.05, 3.63) is 70.8 Å². The highest BCUT2D eigenvalue weighted by atomic mass is 16.5. The Morgan fingerprint density at radius 1 is 1.21 bits per heavy atom. The van der Waals surface area contributed by atoms with Crippen molar-refractivity contribution in [1.82, 2.24) is 19.3 Å². The molecule has 33 heavy (non-hydrogen) atoms. The summed E-state index contributed by atoms with van der Waals surface area (Å²) in [4.78, 5) is 15.7. The van der Waals surface area contributed by atoms with Crippen LogP contribution in [0.2, 0.25) is 0 Å². The summed E-state index contributed by atoms with van der Waals surface area (Å²) in [6.07, 6.45) is 8.95. The Morgan fingerprint density at radius 2 is 1.94 bits per heavy atom. The van der Waals surface area contributed by atoms with Crippen molar-refractivity contribution in [2.75, 3.05) is 0 Å². The molecule has 2 aliphatic rings. The SMILES string of the molecule is Cn1nc(C2CCCCC2)c2c1OC(N)=C(C#N)C2c1ccc(-n2ccnc2C(N)=O)cc1. The fraction of sp³-hybridized carbons (Fsp3) is 0.333. The van der Waals surface area contributed by atoms with Gasteiger partial charge in [-0.25, -0.2) is 9.67 Å². The van der Waals surface area contributed by atoms with E-state index in [1.807, 2.05) is 31.3 Å². The largest absolute Gasteiger partial charge is 0.422 e. The molecule has 1 atom stereocenters. The summed E-state index contributed by atoms with van der Waals surface area (Å²) in [5.41, 5.74) is 15.5. The molecule has 1 aromatic carbocycles. The van der Waals surface area contributed by atoms with E-state index in [1.165, 1.54) is 25.5 Å². The smallest absolute Gasteiger partial charge is 0.285 e. The van der Waals surface area contributed by atoms with Gasteiger partial charge in [-0.3, -0.25) is 9.36 Å². The van der Waals surface area contributed by atoms with Gasteiger partial charge in [0.1, 0.15) is 11.6 Å². The van der Waals surface area contributed by atoms with Crippen LogP contribution in [0.4, 0.5) is 0 Å². The van der Waals surface area contributed by atoms with Gasteiger partial charge in [0.15, 0.2) is 0 Å². The van der Waals surface area contributed by atoms with E-state index in [1.54, 1.807) is 15.4 Å². The van der Waals surface area contributed by atoms with Crippen LogP contribution in [0, 0.1) is 11.3 Å². The van der Waals surface area contributed by atoms with Gasteiger partial charge in [-0.15, -0.1) is 0 Å². The lowest BCUT2D eigenvalue weighted by atomic mass is 9.78. The van der Waals surface area contributed by atoms with E-state index in [9.17, 15) is 10.1 Å². The Labute approximate surface area is 191 Å². The van der Waals surface area contributed by atoms with Gasteiger partial charge in [0.25, 0.3) is 5.91 Å². The average molecular weight is 444 g/mol. The quantitative estimate of drug-likeness (QED) is 0.636. The van der Waals surface area contributed by atoms with Gasteiger partial charge >= 0.3 is 0 Å². The lowest BCUT2D eigenvalue weighted by Crippen LogP contribution is -2.22. The maximum absolute atomic E-state index is 11.7. The van der Waals surface area contributed by atoms with Gasteiger partial charge in [-0.1, -0.05) is 31.4 Å². The monoisotopic (exact) mass is 443 g/mol. The summed E-state index contributed by atoms with van der Waals surface area (Å²) in [6.45, 7) is 0. The Bertz CT molecular complexity index is 1290. The molecule has 1 amide bonds. The zero-order valence-electron chi connectivity index (χ0n) is 18.4. The van der Waals surface area contributed by atoms with Crippen molar-refractivity contribution in [3.8, 4) is 17.6 Å². The molecule has 1 aliphatic heterocycles. The van der Waals surface area contributed by atoms with Crippen molar-refractivity contribution >= 4 is 5.91 Å². The molecule has 0 radical (unpaired) electrons. The van der Waals surface area contributed by atoms with Gasteiger partial charge in [0.2, 0.25) is 17.6 Å². The Hall–Kier alpha value is -4.06. The average Bonchev–Trinajstić information content (AvgIpc) is 3.44. The molecule has 1 aliphatic carbocycles. The predicted molar refractivity (Wildman–Crippen MR) is 120 cm³/mol. The van der Waals surface area contributed by atoms with E-state index in [2.05, 4.69) is 11.1 Å². The third-order valence-corrected chi connectivity index (χ3v) is 6.59. The first-order valence-electron chi connectivity index (χ1n) is 11.1. The molecular formula is C24H25N7O2. The fourth-order valence-electron chi connectivity index (χ4n) is 5.03. The molecule has 0 spiro atoms. The van der Waals surface area contributed by atoms with Crippen LogP contribution in [0.25, 0.3) is 5.69 Å². The Balaban J connectivity index is 1.61. The van der Waals surface area contributed by atoms with Crippen LogP contribution in [-0.4, -0.2) is 25.2 Å². The number of ether oxygens (including phenoxy) is 1. The van der Waals surface area contributed by atoms with Crippen LogP contribution < -0.4 is 16.2 Å². The molecule has 168 valence electrons. The van der Waals surface area contributed by atoms with Gasteiger partial charge in [-0.05, 0) is 30.5 Å². The van der Waals surface area contributed by atoms with E-state index in [0.29, 0.717) is 17.4 Å². The number of hydrogen-bond acceptors (Lipinski definition) is 6. The molecule has 3 aromatic rings. The molecule has 2 aromatic heterocycles. The van der Waals surface area contributed by atoms with E-state index in [-0.39, 0.29) is 17.6 Å². The first-order chi connectivity index (χ1) is 16.0. The molecule has 0 bridgehead atoms. The van der Waals surface area contributed by atoms with Gasteiger partial charge in [-0.2, -0.15) is 10.4 Å². The van der Waals surface area contributed by atoms with E-state index >= 15 is 0 Å². The van der Waals surface area contributed by atoms with Crippen molar-refractivity contribution in [2.45, 2.75) is 43.9 Å². The van der Waals surface area contributed by atoms with Crippen molar-refractivity contribution in [1.29, 1.82) is 5.26 Å². The topological polar surface area (TPSA) is 138 Å². The third kappa shape index (κ3) is 3.44. The normalized spacial score (nSPS) is 18.5. The molecule has 1 fully saturated rings. The minimum atomic E-state index is -0.604. The number of aromatic nitrogens is 4. The van der Waals surface area contributed by atoms with E-state index in [0.717, 1.165) is 35.3 Å². The van der Waals surface area contributed by atoms with Crippen molar-refractivity contribution in [2.24, 2.45) is 18.5 Å². The minimum absolute atomic E-state index is 0.0999. The number of rotatable bonds is 4. The molecule has 0 saturated heterocycles. The highest BCUT2D eigenvalue weighted by Gasteiger charge is 2.38. The van der Waals surface area contributed by atoms with E-state index in [4.69, 9.17) is 21.3 Å². The number of nitrogens with two attached hydrogens (primary N) is 2. The molecule has 1 unspecified atom stereocenters. The van der Waals surface area contributed by atoms with Crippen LogP contribution in [0.3, 0.4) is 0 Å². The van der Waals surface area contributed by atoms with Crippen LogP contribution in [0.5, 0.6) is 5.88 Å². The highest BCUT2D eigenvalue weighted by molar-refractivity contribution is 5.89. The van der Waals surface area contributed by atoms with Crippen LogP contribution in [0.15, 0.2) is 48.1 Å². The number of imidazole rings is 1. The second-order valence-corrected chi connectivity index (χ2v) is 8.56. The zero-order valence-corrected chi connectivity index (χ0v) is 18.4. The molecule has 9 nitrogen and oxygen atoms in total. The number of amides is 1. The van der Waals surface area contributed by atoms with Crippen LogP contribution >= 0.6 is 0 Å². The first kappa shape index (κ1) is 20.8. The number of hydrogen-bond donors (Lipinski definition) is 2. The number of fused-ring (bicyclic) bond motifs is 1. The maximum atomic E-state index is 11.7. The van der Waals surface area contributed by atoms with Crippen molar-refractivity contribution in [3.63, 3.8) is 0 Å². The number of aryl methyl sites for hydroxylation is 1. The standard InChI is InChI=1S/C24H25N7O2/c1-30-24-19(20(29-30)15-5-3-2-4-6-15)18(17(13-25)22(27)33-24)14-7-9-16(10-8-14)31-12-11-28-23(31)21(26)32/h7-12,15,18H,2-6,27H2,1H3,(H2,26,32). The second-order valence-electron chi connectivity index (χ2n) is 8.56. The van der Waals surface area contributed by atoms with Crippen LogP contribution in [0.1, 0.15) is 71.4 Å². The zero-order chi connectivity index (χ0) is 23.1. The number of benzene rings is 1. The predicted octanol–water partition coefficient (Wildman–Crippen LogP) is 2.97. The molecule has 4 N–H and O–H groups in total. The minimum Gasteiger partial charge on any atom is -0.422 e. The number of carbonyl (C=O) groups excluding carboxylic acids is 1. The lowest BCUT2D eigenvalue weighted by Gasteiger charge is -2.27. The fourth-order valence-corrected chi connectivity index (χ4v) is 5.03. The first-order valence-corrected chi connectivity index (χ1v) is 11.1. The summed E-state index contributed by atoms with van der Waals surface area (Å²) in [5, 5.41) is 14.8. The summed E-state index contributed by atoms with van der Waals surface area (Å²) >= 11 is 0. The van der Waals surface area contributed by atoms with E-state index < -0.39 is 5.91 Å². The molecule has 3 heterocycles. The van der Waals surface area contributed by atoms with Gasteiger partial charge in [0.05, 0.1) is 17.2 Å². The highest BCUT2D eigenvalue weighted by Crippen LogP contribution is 2.47. The number of carbonyl (C=O) groups is 1. The van der Waals surface area contributed by atoms with Crippen LogP contribution in [-0.2, 0) is 7.05 Å². The summed E-state index contributed by atoms with van der Waals surface area (Å²) < 4.78 is 9.25. The lowest BCUT2D eigenvalue weighted by molar-refractivity contribution is 0.0989. The summed E-state index contributed by atoms with van der Waals surface area (Å²) in [5.74, 6) is 0.201. The summed E-state index contributed by atoms with van der Waals surface area (Å²) in [6, 6.07) is 9.88. The van der Waals surface area contributed by atoms with Crippen molar-refractivity contribution < 1.29 is 9.53 Å².